The predicted octanol–water partition coefficient (Wildman–Crippen LogP) is 4.91. The van der Waals surface area contributed by atoms with Crippen LogP contribution < -0.4 is 14.5 Å². The number of nitrogens with zero attached hydrogens (tertiary/aromatic N) is 3. The summed E-state index contributed by atoms with van der Waals surface area (Å²) < 4.78 is 4.46. The lowest BCUT2D eigenvalue weighted by molar-refractivity contribution is -0.142. The molecule has 3 aliphatic rings. The second-order valence-electron chi connectivity index (χ2n) is 11.9. The first-order chi connectivity index (χ1) is 21.1. The molecule has 3 amide bonds. The highest BCUT2D eigenvalue weighted by molar-refractivity contribution is 9.09. The van der Waals surface area contributed by atoms with E-state index in [2.05, 4.69) is 29.1 Å². The van der Waals surface area contributed by atoms with Gasteiger partial charge in [0.05, 0.1) is 36.3 Å². The number of carbonyl (C=O) groups excluding carboxylic acids is 3. The van der Waals surface area contributed by atoms with Crippen molar-refractivity contribution >= 4 is 56.8 Å². The number of aliphatic hydroxyl groups excluding tert-OH is 1. The summed E-state index contributed by atoms with van der Waals surface area (Å²) in [6, 6.07) is 15.1. The van der Waals surface area contributed by atoms with Gasteiger partial charge in [0.25, 0.3) is 5.91 Å². The van der Waals surface area contributed by atoms with E-state index in [1.807, 2.05) is 56.3 Å². The number of amides is 3. The van der Waals surface area contributed by atoms with Crippen LogP contribution >= 0.6 is 27.7 Å². The van der Waals surface area contributed by atoms with Crippen molar-refractivity contribution in [2.75, 3.05) is 36.6 Å². The quantitative estimate of drug-likeness (QED) is 0.253. The van der Waals surface area contributed by atoms with E-state index >= 15 is 0 Å². The first-order valence-electron chi connectivity index (χ1n) is 14.9. The zero-order valence-electron chi connectivity index (χ0n) is 25.3. The van der Waals surface area contributed by atoms with Gasteiger partial charge >= 0.3 is 0 Å². The summed E-state index contributed by atoms with van der Waals surface area (Å²) in [4.78, 5) is 49.0. The lowest BCUT2D eigenvalue weighted by Gasteiger charge is -2.41. The number of benzene rings is 2. The SMILES string of the molecule is C=CCN(C(=O)C1N([C@@H](CO)C(C)C)C(=O)[C@@H]2[C@@H](C(=O)N(CC=C)c3ccccc3)[C@@H]3SC12CC3Br)c1ccc(OC)cc1. The van der Waals surface area contributed by atoms with Gasteiger partial charge in [0.1, 0.15) is 11.8 Å². The van der Waals surface area contributed by atoms with E-state index in [9.17, 15) is 19.5 Å². The van der Waals surface area contributed by atoms with Gasteiger partial charge in [-0.15, -0.1) is 24.9 Å². The second kappa shape index (κ2) is 13.1. The van der Waals surface area contributed by atoms with Crippen molar-refractivity contribution in [3.63, 3.8) is 0 Å². The molecule has 3 fully saturated rings. The average Bonchev–Trinajstić information content (AvgIpc) is 3.62. The Hall–Kier alpha value is -3.08. The van der Waals surface area contributed by atoms with Crippen LogP contribution in [0, 0.1) is 17.8 Å². The van der Waals surface area contributed by atoms with Crippen molar-refractivity contribution in [2.45, 2.75) is 47.2 Å². The summed E-state index contributed by atoms with van der Waals surface area (Å²) in [5, 5.41) is 10.4. The number of hydrogen-bond acceptors (Lipinski definition) is 6. The van der Waals surface area contributed by atoms with Gasteiger partial charge in [-0.1, -0.05) is 60.1 Å². The number of methoxy groups -OCH3 is 1. The van der Waals surface area contributed by atoms with Gasteiger partial charge in [-0.25, -0.2) is 0 Å². The Morgan fingerprint density at radius 2 is 1.66 bits per heavy atom. The fourth-order valence-electron chi connectivity index (χ4n) is 7.21. The molecule has 1 N–H and O–H groups in total. The van der Waals surface area contributed by atoms with E-state index in [4.69, 9.17) is 4.74 Å². The molecule has 0 aromatic heterocycles. The van der Waals surface area contributed by atoms with Crippen molar-refractivity contribution in [3.8, 4) is 5.75 Å². The third-order valence-corrected chi connectivity index (χ3v) is 12.4. The standard InChI is InChI=1S/C34H40BrN3O5S/c1-6-17-36(22-11-9-8-10-12-22)31(40)27-28-32(41)38(26(20-39)21(3)4)30(34(28)19-25(35)29(27)44-34)33(42)37(18-7-2)23-13-15-24(43-5)16-14-23/h6-16,21,25-30,39H,1-2,17-20H2,3-5H3/t25?,26-,27+,28-,29+,30?,34?/m0/s1. The zero-order valence-corrected chi connectivity index (χ0v) is 27.7. The number of hydrogen-bond donors (Lipinski definition) is 1. The van der Waals surface area contributed by atoms with Crippen LogP contribution in [0.1, 0.15) is 20.3 Å². The highest BCUT2D eigenvalue weighted by Crippen LogP contribution is 2.68. The van der Waals surface area contributed by atoms with Gasteiger partial charge in [-0.3, -0.25) is 14.4 Å². The van der Waals surface area contributed by atoms with Crippen LogP contribution in [0.2, 0.25) is 0 Å². The number of likely N-dealkylation sites (tertiary alicyclic amines) is 1. The van der Waals surface area contributed by atoms with E-state index in [0.717, 1.165) is 5.69 Å². The number of fused-ring (bicyclic) bond motifs is 1. The van der Waals surface area contributed by atoms with Crippen LogP contribution in [0.15, 0.2) is 79.9 Å². The molecular formula is C34H40BrN3O5S. The Morgan fingerprint density at radius 3 is 2.20 bits per heavy atom. The molecule has 3 aliphatic heterocycles. The van der Waals surface area contributed by atoms with Crippen molar-refractivity contribution in [1.29, 1.82) is 0 Å². The molecule has 3 saturated heterocycles. The Bertz CT molecular complexity index is 1410. The minimum absolute atomic E-state index is 0.0810. The van der Waals surface area contributed by atoms with Crippen LogP contribution in [-0.2, 0) is 14.4 Å². The van der Waals surface area contributed by atoms with E-state index in [1.54, 1.807) is 57.9 Å². The smallest absolute Gasteiger partial charge is 0.251 e. The largest absolute Gasteiger partial charge is 0.497 e. The molecule has 44 heavy (non-hydrogen) atoms. The molecule has 5 rings (SSSR count). The van der Waals surface area contributed by atoms with E-state index in [-0.39, 0.29) is 46.9 Å². The average molecular weight is 683 g/mol. The lowest BCUT2D eigenvalue weighted by atomic mass is 9.70. The fourth-order valence-corrected chi connectivity index (χ4v) is 10.8. The molecule has 2 bridgehead atoms. The van der Waals surface area contributed by atoms with E-state index < -0.39 is 28.7 Å². The van der Waals surface area contributed by atoms with Crippen LogP contribution in [0.25, 0.3) is 0 Å². The highest BCUT2D eigenvalue weighted by atomic mass is 79.9. The number of carbonyl (C=O) groups is 3. The predicted molar refractivity (Wildman–Crippen MR) is 179 cm³/mol. The number of para-hydroxylation sites is 1. The maximum atomic E-state index is 14.9. The number of alkyl halides is 1. The Balaban J connectivity index is 1.62. The van der Waals surface area contributed by atoms with Crippen molar-refractivity contribution < 1.29 is 24.2 Å². The topological polar surface area (TPSA) is 90.4 Å². The minimum atomic E-state index is -0.890. The molecular weight excluding hydrogens is 642 g/mol. The molecule has 3 heterocycles. The molecule has 3 unspecified atom stereocenters. The Morgan fingerprint density at radius 1 is 1.07 bits per heavy atom. The van der Waals surface area contributed by atoms with E-state index in [1.165, 1.54) is 0 Å². The molecule has 0 aliphatic carbocycles. The monoisotopic (exact) mass is 681 g/mol. The van der Waals surface area contributed by atoms with Gasteiger partial charge in [-0.05, 0) is 48.7 Å². The Kier molecular flexibility index (Phi) is 9.63. The molecule has 10 heteroatoms. The molecule has 8 nitrogen and oxygen atoms in total. The van der Waals surface area contributed by atoms with Gasteiger partial charge in [-0.2, -0.15) is 0 Å². The highest BCUT2D eigenvalue weighted by Gasteiger charge is 2.76. The summed E-state index contributed by atoms with van der Waals surface area (Å²) in [7, 11) is 1.58. The van der Waals surface area contributed by atoms with Crippen LogP contribution in [0.4, 0.5) is 11.4 Å². The maximum Gasteiger partial charge on any atom is 0.251 e. The van der Waals surface area contributed by atoms with Gasteiger partial charge in [0.15, 0.2) is 0 Å². The fraction of sp³-hybridized carbons (Fsp3) is 0.441. The number of ether oxygens (including phenoxy) is 1. The summed E-state index contributed by atoms with van der Waals surface area (Å²) in [5.74, 6) is -1.51. The third-order valence-electron chi connectivity index (χ3n) is 9.17. The summed E-state index contributed by atoms with van der Waals surface area (Å²) in [6.07, 6.45) is 3.89. The van der Waals surface area contributed by atoms with Crippen molar-refractivity contribution in [1.82, 2.24) is 4.90 Å². The first-order valence-corrected chi connectivity index (χ1v) is 16.7. The molecule has 234 valence electrons. The summed E-state index contributed by atoms with van der Waals surface area (Å²) >= 11 is 5.45. The lowest BCUT2D eigenvalue weighted by Crippen LogP contribution is -2.59. The molecule has 7 atom stereocenters. The summed E-state index contributed by atoms with van der Waals surface area (Å²) in [5.41, 5.74) is 1.38. The molecule has 1 spiro atoms. The van der Waals surface area contributed by atoms with Gasteiger partial charge in [0, 0.05) is 34.5 Å². The molecule has 2 aromatic rings. The van der Waals surface area contributed by atoms with Crippen molar-refractivity contribution in [3.05, 3.63) is 79.9 Å². The van der Waals surface area contributed by atoms with Crippen LogP contribution in [-0.4, -0.2) is 81.4 Å². The zero-order chi connectivity index (χ0) is 31.8. The van der Waals surface area contributed by atoms with Gasteiger partial charge in [0.2, 0.25) is 11.8 Å². The number of halogens is 1. The van der Waals surface area contributed by atoms with Gasteiger partial charge < -0.3 is 24.5 Å². The second-order valence-corrected chi connectivity index (χ2v) is 14.6. The molecule has 0 radical (unpaired) electrons. The normalized spacial score (nSPS) is 27.6. The van der Waals surface area contributed by atoms with Crippen molar-refractivity contribution in [2.24, 2.45) is 17.8 Å². The van der Waals surface area contributed by atoms with E-state index in [0.29, 0.717) is 24.4 Å². The number of aliphatic hydroxyl groups is 1. The maximum absolute atomic E-state index is 14.9. The minimum Gasteiger partial charge on any atom is -0.497 e. The molecule has 0 saturated carbocycles. The first kappa shape index (κ1) is 32.3. The third kappa shape index (κ3) is 5.28. The van der Waals surface area contributed by atoms with Crippen LogP contribution in [0.3, 0.4) is 0 Å². The Labute approximate surface area is 272 Å². The summed E-state index contributed by atoms with van der Waals surface area (Å²) in [6.45, 7) is 11.9. The number of rotatable bonds is 12. The number of thioether (sulfide) groups is 1. The molecule has 2 aromatic carbocycles. The number of anilines is 2. The van der Waals surface area contributed by atoms with Crippen LogP contribution in [0.5, 0.6) is 5.75 Å².